The van der Waals surface area contributed by atoms with Crippen molar-refractivity contribution in [3.63, 3.8) is 0 Å². The second-order valence-electron chi connectivity index (χ2n) is 7.63. The number of alkyl halides is 2. The molecule has 0 spiro atoms. The van der Waals surface area contributed by atoms with Crippen LogP contribution in [-0.4, -0.2) is 28.2 Å². The maximum atomic E-state index is 13.5. The van der Waals surface area contributed by atoms with Crippen molar-refractivity contribution in [3.8, 4) is 5.88 Å². The average molecular weight is 578 g/mol. The van der Waals surface area contributed by atoms with E-state index in [0.717, 1.165) is 0 Å². The van der Waals surface area contributed by atoms with Gasteiger partial charge in [0.25, 0.3) is 5.91 Å². The number of nitrogens with zero attached hydrogens (tertiary/aromatic N) is 1. The van der Waals surface area contributed by atoms with Crippen molar-refractivity contribution in [3.05, 3.63) is 80.7 Å². The van der Waals surface area contributed by atoms with Crippen LogP contribution in [0.4, 0.5) is 15.8 Å². The lowest BCUT2D eigenvalue weighted by Gasteiger charge is -2.11. The van der Waals surface area contributed by atoms with Crippen LogP contribution in [0.25, 0.3) is 0 Å². The van der Waals surface area contributed by atoms with Crippen molar-refractivity contribution < 1.29 is 18.7 Å². The Bertz CT molecular complexity index is 1340. The summed E-state index contributed by atoms with van der Waals surface area (Å²) in [6, 6.07) is 11.5. The Kier molecular flexibility index (Phi) is 7.36. The maximum Gasteiger partial charge on any atom is 0.257 e. The highest BCUT2D eigenvalue weighted by Gasteiger charge is 2.67. The largest absolute Gasteiger partial charge is 0.481 e. The number of nitrogens with one attached hydrogen (secondary N) is 2. The van der Waals surface area contributed by atoms with Gasteiger partial charge in [-0.15, -0.1) is 23.2 Å². The molecule has 1 aliphatic carbocycles. The predicted octanol–water partition coefficient (Wildman–Crippen LogP) is 6.97. The van der Waals surface area contributed by atoms with Gasteiger partial charge in [-0.25, -0.2) is 4.39 Å². The van der Waals surface area contributed by atoms with Gasteiger partial charge < -0.3 is 15.4 Å². The maximum absolute atomic E-state index is 13.5. The molecule has 12 heteroatoms. The number of benzene rings is 2. The smallest absolute Gasteiger partial charge is 0.257 e. The first-order valence-electron chi connectivity index (χ1n) is 9.98. The molecule has 0 saturated heterocycles. The van der Waals surface area contributed by atoms with E-state index in [0.29, 0.717) is 5.56 Å². The lowest BCUT2D eigenvalue weighted by Crippen LogP contribution is -2.18. The number of hydrogen-bond acceptors (Lipinski definition) is 4. The lowest BCUT2D eigenvalue weighted by molar-refractivity contribution is -0.117. The molecule has 35 heavy (non-hydrogen) atoms. The van der Waals surface area contributed by atoms with Crippen molar-refractivity contribution in [1.82, 2.24) is 4.98 Å². The van der Waals surface area contributed by atoms with Crippen LogP contribution in [0.2, 0.25) is 15.2 Å². The molecule has 2 aromatic carbocycles. The van der Waals surface area contributed by atoms with E-state index < -0.39 is 33.8 Å². The lowest BCUT2D eigenvalue weighted by atomic mass is 10.1. The number of amides is 2. The zero-order chi connectivity index (χ0) is 25.5. The average Bonchev–Trinajstić information content (AvgIpc) is 3.40. The molecule has 182 valence electrons. The van der Waals surface area contributed by atoms with Crippen LogP contribution in [-0.2, 0) is 4.79 Å². The van der Waals surface area contributed by atoms with E-state index in [1.54, 1.807) is 0 Å². The summed E-state index contributed by atoms with van der Waals surface area (Å²) in [7, 11) is 1.44. The third kappa shape index (κ3) is 5.29. The van der Waals surface area contributed by atoms with Gasteiger partial charge in [-0.05, 0) is 42.0 Å². The highest BCUT2D eigenvalue weighted by molar-refractivity contribution is 6.53. The molecular weight excluding hydrogens is 563 g/mol. The van der Waals surface area contributed by atoms with Crippen LogP contribution in [0.15, 0.2) is 48.5 Å². The Morgan fingerprint density at radius 1 is 1.00 bits per heavy atom. The number of ether oxygens (including phenoxy) is 1. The van der Waals surface area contributed by atoms with Gasteiger partial charge in [0, 0.05) is 17.7 Å². The van der Waals surface area contributed by atoms with Gasteiger partial charge in [0.2, 0.25) is 11.8 Å². The molecular formula is C23H15Cl5FN3O3. The summed E-state index contributed by atoms with van der Waals surface area (Å²) in [4.78, 5) is 29.7. The number of rotatable bonds is 6. The number of halogens is 6. The van der Waals surface area contributed by atoms with E-state index in [4.69, 9.17) is 62.7 Å². The first-order chi connectivity index (χ1) is 16.5. The number of methoxy groups -OCH3 is 1. The second kappa shape index (κ2) is 9.99. The number of anilines is 2. The molecule has 1 aliphatic rings. The van der Waals surface area contributed by atoms with E-state index >= 15 is 0 Å². The van der Waals surface area contributed by atoms with Crippen molar-refractivity contribution in [2.75, 3.05) is 17.7 Å². The normalized spacial score (nSPS) is 18.0. The molecule has 4 rings (SSSR count). The Morgan fingerprint density at radius 3 is 2.40 bits per heavy atom. The Labute approximate surface area is 224 Å². The van der Waals surface area contributed by atoms with Crippen LogP contribution in [0, 0.1) is 11.7 Å². The minimum Gasteiger partial charge on any atom is -0.481 e. The SMILES string of the molecule is COc1ccc(NC(=O)c2cc(NC(=O)[C@H]3[C@H](c4ccc(F)c(Cl)c4)C3(Cl)Cl)ccc2Cl)c(Cl)n1. The van der Waals surface area contributed by atoms with E-state index in [9.17, 15) is 14.0 Å². The standard InChI is InChI=1S/C23H15Cl5FN3O3/c1-35-17-7-6-16(20(26)32-17)31-21(33)12-9-11(3-4-13(12)24)30-22(34)19-18(23(19,27)28)10-2-5-15(29)14(25)8-10/h2-9,18-19H,1H3,(H,30,34)(H,31,33)/t18-,19+/m0/s1. The van der Waals surface area contributed by atoms with Crippen molar-refractivity contribution in [2.24, 2.45) is 5.92 Å². The second-order valence-corrected chi connectivity index (χ2v) is 10.3. The zero-order valence-corrected chi connectivity index (χ0v) is 21.5. The van der Waals surface area contributed by atoms with Crippen LogP contribution >= 0.6 is 58.0 Å². The Morgan fingerprint density at radius 2 is 1.74 bits per heavy atom. The minimum absolute atomic E-state index is 0.0273. The third-order valence-corrected chi connectivity index (χ3v) is 7.25. The third-order valence-electron chi connectivity index (χ3n) is 5.40. The molecule has 0 bridgehead atoms. The molecule has 0 aliphatic heterocycles. The Hall–Kier alpha value is -2.29. The van der Waals surface area contributed by atoms with Crippen molar-refractivity contribution >= 4 is 81.2 Å². The van der Waals surface area contributed by atoms with Gasteiger partial charge in [0.1, 0.15) is 10.2 Å². The predicted molar refractivity (Wildman–Crippen MR) is 136 cm³/mol. The molecule has 1 fully saturated rings. The van der Waals surface area contributed by atoms with Crippen LogP contribution in [0.3, 0.4) is 0 Å². The summed E-state index contributed by atoms with van der Waals surface area (Å²) in [6.07, 6.45) is 0. The van der Waals surface area contributed by atoms with Gasteiger partial charge in [-0.2, -0.15) is 4.98 Å². The summed E-state index contributed by atoms with van der Waals surface area (Å²) >= 11 is 30.8. The molecule has 1 heterocycles. The van der Waals surface area contributed by atoms with Gasteiger partial charge in [0.15, 0.2) is 5.15 Å². The topological polar surface area (TPSA) is 80.3 Å². The molecule has 3 aromatic rings. The van der Waals surface area contributed by atoms with Crippen LogP contribution in [0.1, 0.15) is 21.8 Å². The highest BCUT2D eigenvalue weighted by Crippen LogP contribution is 2.65. The minimum atomic E-state index is -1.41. The van der Waals surface area contributed by atoms with Gasteiger partial charge >= 0.3 is 0 Å². The van der Waals surface area contributed by atoms with E-state index in [2.05, 4.69) is 15.6 Å². The van der Waals surface area contributed by atoms with Gasteiger partial charge in [-0.3, -0.25) is 9.59 Å². The number of carbonyl (C=O) groups is 2. The summed E-state index contributed by atoms with van der Waals surface area (Å²) in [6.45, 7) is 0. The summed E-state index contributed by atoms with van der Waals surface area (Å²) < 4.78 is 17.1. The fraction of sp³-hybridized carbons (Fsp3) is 0.174. The van der Waals surface area contributed by atoms with E-state index in [1.165, 1.54) is 55.6 Å². The fourth-order valence-electron chi connectivity index (χ4n) is 3.58. The van der Waals surface area contributed by atoms with Crippen molar-refractivity contribution in [2.45, 2.75) is 10.3 Å². The molecule has 1 aromatic heterocycles. The molecule has 1 saturated carbocycles. The molecule has 2 N–H and O–H groups in total. The first kappa shape index (κ1) is 25.8. The monoisotopic (exact) mass is 575 g/mol. The van der Waals surface area contributed by atoms with Gasteiger partial charge in [0.05, 0.1) is 34.3 Å². The number of carbonyl (C=O) groups excluding carboxylic acids is 2. The molecule has 0 radical (unpaired) electrons. The van der Waals surface area contributed by atoms with Crippen LogP contribution in [0.5, 0.6) is 5.88 Å². The summed E-state index contributed by atoms with van der Waals surface area (Å²) in [5.74, 6) is -2.80. The molecule has 0 unspecified atom stereocenters. The van der Waals surface area contributed by atoms with Crippen molar-refractivity contribution in [1.29, 1.82) is 0 Å². The van der Waals surface area contributed by atoms with Gasteiger partial charge in [-0.1, -0.05) is 40.9 Å². The first-order valence-corrected chi connectivity index (χ1v) is 11.9. The zero-order valence-electron chi connectivity index (χ0n) is 17.7. The molecule has 2 atom stereocenters. The highest BCUT2D eigenvalue weighted by atomic mass is 35.5. The summed E-state index contributed by atoms with van der Waals surface area (Å²) in [5.41, 5.74) is 1.14. The summed E-state index contributed by atoms with van der Waals surface area (Å²) in [5, 5.41) is 5.38. The molecule has 6 nitrogen and oxygen atoms in total. The van der Waals surface area contributed by atoms with Crippen LogP contribution < -0.4 is 15.4 Å². The van der Waals surface area contributed by atoms with E-state index in [1.807, 2.05) is 0 Å². The number of aromatic nitrogens is 1. The molecule has 2 amide bonds. The fourth-order valence-corrected chi connectivity index (χ4v) is 5.00. The Balaban J connectivity index is 1.50. The number of pyridine rings is 1. The number of hydrogen-bond donors (Lipinski definition) is 2. The quantitative estimate of drug-likeness (QED) is 0.245. The van der Waals surface area contributed by atoms with E-state index in [-0.39, 0.29) is 38.0 Å².